The molecular formula is C40H58O6. The number of allylic oxidation sites excluding steroid dienone is 1. The molecule has 1 heterocycles. The van der Waals surface area contributed by atoms with Crippen molar-refractivity contribution in [3.8, 4) is 0 Å². The molecule has 12 atom stereocenters. The van der Waals surface area contributed by atoms with Crippen molar-refractivity contribution in [2.45, 2.75) is 134 Å². The highest BCUT2D eigenvalue weighted by Crippen LogP contribution is 2.69. The van der Waals surface area contributed by atoms with Crippen LogP contribution in [-0.4, -0.2) is 63.8 Å². The van der Waals surface area contributed by atoms with E-state index in [0.29, 0.717) is 37.9 Å². The van der Waals surface area contributed by atoms with Crippen LogP contribution in [0.25, 0.3) is 0 Å². The zero-order chi connectivity index (χ0) is 32.5. The number of carbonyl (C=O) groups is 1. The minimum absolute atomic E-state index is 0.0820. The van der Waals surface area contributed by atoms with Crippen LogP contribution in [0.5, 0.6) is 0 Å². The summed E-state index contributed by atoms with van der Waals surface area (Å²) in [5.74, 6) is 1.13. The Morgan fingerprint density at radius 3 is 2.50 bits per heavy atom. The normalized spacial score (nSPS) is 44.6. The van der Waals surface area contributed by atoms with Gasteiger partial charge >= 0.3 is 0 Å². The van der Waals surface area contributed by atoms with E-state index in [9.17, 15) is 20.1 Å². The molecule has 12 unspecified atom stereocenters. The van der Waals surface area contributed by atoms with E-state index < -0.39 is 28.8 Å². The van der Waals surface area contributed by atoms with E-state index >= 15 is 0 Å². The summed E-state index contributed by atoms with van der Waals surface area (Å²) >= 11 is 0. The Bertz CT molecular complexity index is 1300. The predicted octanol–water partition coefficient (Wildman–Crippen LogP) is 6.44. The van der Waals surface area contributed by atoms with Crippen molar-refractivity contribution in [3.05, 3.63) is 47.5 Å². The van der Waals surface area contributed by atoms with Crippen molar-refractivity contribution in [1.82, 2.24) is 0 Å². The van der Waals surface area contributed by atoms with Gasteiger partial charge in [0.15, 0.2) is 5.78 Å². The molecule has 0 bridgehead atoms. The van der Waals surface area contributed by atoms with Crippen LogP contribution in [0.3, 0.4) is 0 Å². The maximum atomic E-state index is 14.0. The van der Waals surface area contributed by atoms with Crippen LogP contribution in [0, 0.1) is 46.3 Å². The number of carbonyl (C=O) groups excluding carboxylic acids is 1. The molecule has 3 N–H and O–H groups in total. The molecule has 1 aromatic rings. The van der Waals surface area contributed by atoms with Gasteiger partial charge in [-0.05, 0) is 111 Å². The molecular weight excluding hydrogens is 576 g/mol. The van der Waals surface area contributed by atoms with Gasteiger partial charge in [-0.25, -0.2) is 0 Å². The van der Waals surface area contributed by atoms with Crippen LogP contribution < -0.4 is 0 Å². The third kappa shape index (κ3) is 5.11. The van der Waals surface area contributed by atoms with Crippen LogP contribution in [0.2, 0.25) is 0 Å². The summed E-state index contributed by atoms with van der Waals surface area (Å²) in [4.78, 5) is 14.0. The molecule has 7 rings (SSSR count). The Morgan fingerprint density at radius 2 is 1.76 bits per heavy atom. The average Bonchev–Trinajstić information content (AvgIpc) is 3.76. The highest BCUT2D eigenvalue weighted by molar-refractivity contribution is 5.95. The molecule has 46 heavy (non-hydrogen) atoms. The van der Waals surface area contributed by atoms with Gasteiger partial charge in [0.25, 0.3) is 0 Å². The van der Waals surface area contributed by atoms with Gasteiger partial charge in [0.1, 0.15) is 6.10 Å². The highest BCUT2D eigenvalue weighted by atomic mass is 16.5. The van der Waals surface area contributed by atoms with Crippen molar-refractivity contribution in [3.63, 3.8) is 0 Å². The molecule has 5 aliphatic carbocycles. The van der Waals surface area contributed by atoms with Gasteiger partial charge in [0, 0.05) is 11.3 Å². The van der Waals surface area contributed by atoms with E-state index in [4.69, 9.17) is 9.47 Å². The number of ketones is 1. The number of hydrogen-bond donors (Lipinski definition) is 3. The Morgan fingerprint density at radius 1 is 1.02 bits per heavy atom. The second-order valence-electron chi connectivity index (χ2n) is 17.1. The maximum absolute atomic E-state index is 14.0. The number of fused-ring (bicyclic) bond motifs is 5. The van der Waals surface area contributed by atoms with E-state index in [1.165, 1.54) is 31.2 Å². The fourth-order valence-corrected chi connectivity index (χ4v) is 12.0. The molecule has 254 valence electrons. The lowest BCUT2D eigenvalue weighted by Crippen LogP contribution is -2.63. The summed E-state index contributed by atoms with van der Waals surface area (Å²) in [6, 6.07) is 10.4. The summed E-state index contributed by atoms with van der Waals surface area (Å²) < 4.78 is 12.6. The van der Waals surface area contributed by atoms with E-state index in [1.807, 2.05) is 12.1 Å². The van der Waals surface area contributed by atoms with Gasteiger partial charge < -0.3 is 24.8 Å². The second kappa shape index (κ2) is 12.1. The van der Waals surface area contributed by atoms with Gasteiger partial charge in [0.2, 0.25) is 0 Å². The fourth-order valence-electron chi connectivity index (χ4n) is 12.0. The molecule has 0 aromatic heterocycles. The SMILES string of the molecule is CC1C(C2CCCC2)COC1C(O)C(C)(O)C1CCC2(O)C3=CC(=O)C4CC(OCCc5ccccc5)CCC4(C)C3CCC12C. The number of ether oxygens (including phenoxy) is 2. The number of benzene rings is 1. The largest absolute Gasteiger partial charge is 0.387 e. The van der Waals surface area contributed by atoms with E-state index in [1.54, 1.807) is 6.92 Å². The topological polar surface area (TPSA) is 96.2 Å². The van der Waals surface area contributed by atoms with E-state index in [0.717, 1.165) is 44.1 Å². The molecule has 6 heteroatoms. The predicted molar refractivity (Wildman–Crippen MR) is 178 cm³/mol. The van der Waals surface area contributed by atoms with Gasteiger partial charge in [-0.2, -0.15) is 0 Å². The molecule has 1 saturated heterocycles. The van der Waals surface area contributed by atoms with Gasteiger partial charge in [-0.3, -0.25) is 4.79 Å². The first-order valence-corrected chi connectivity index (χ1v) is 18.6. The van der Waals surface area contributed by atoms with Gasteiger partial charge in [-0.1, -0.05) is 76.8 Å². The molecule has 1 aromatic carbocycles. The molecule has 1 aliphatic heterocycles. The summed E-state index contributed by atoms with van der Waals surface area (Å²) in [5, 5.41) is 36.8. The Hall–Kier alpha value is -1.57. The molecule has 0 spiro atoms. The molecule has 6 aliphatic rings. The van der Waals surface area contributed by atoms with Crippen molar-refractivity contribution in [2.24, 2.45) is 46.3 Å². The zero-order valence-electron chi connectivity index (χ0n) is 28.6. The molecule has 0 amide bonds. The third-order valence-corrected chi connectivity index (χ3v) is 14.9. The zero-order valence-corrected chi connectivity index (χ0v) is 28.6. The van der Waals surface area contributed by atoms with Crippen LogP contribution >= 0.6 is 0 Å². The standard InChI is InChI=1S/C40H58O6/c1-25-29(27-12-8-9-13-27)24-46-35(25)36(42)39(4,43)34-16-20-40(44)31-23-33(41)32-22-28(45-21-17-26-10-6-5-7-11-26)14-18-37(32,2)30(31)15-19-38(34,40)3/h5-7,10-11,23,25,27-30,32,34-36,42-44H,8-9,12-22,24H2,1-4H3. The Kier molecular flexibility index (Phi) is 8.66. The average molecular weight is 635 g/mol. The van der Waals surface area contributed by atoms with Crippen molar-refractivity contribution < 1.29 is 29.6 Å². The Labute approximate surface area is 276 Å². The van der Waals surface area contributed by atoms with E-state index in [-0.39, 0.29) is 41.0 Å². The summed E-state index contributed by atoms with van der Waals surface area (Å²) in [7, 11) is 0. The molecule has 0 radical (unpaired) electrons. The maximum Gasteiger partial charge on any atom is 0.159 e. The molecule has 6 nitrogen and oxygen atoms in total. The first-order valence-electron chi connectivity index (χ1n) is 18.6. The third-order valence-electron chi connectivity index (χ3n) is 14.9. The van der Waals surface area contributed by atoms with Crippen LogP contribution in [0.4, 0.5) is 0 Å². The van der Waals surface area contributed by atoms with Crippen molar-refractivity contribution in [2.75, 3.05) is 13.2 Å². The van der Waals surface area contributed by atoms with E-state index in [2.05, 4.69) is 45.0 Å². The Balaban J connectivity index is 1.07. The van der Waals surface area contributed by atoms with Crippen molar-refractivity contribution >= 4 is 5.78 Å². The first kappa shape index (κ1) is 33.0. The quantitative estimate of drug-likeness (QED) is 0.305. The molecule has 4 saturated carbocycles. The number of aliphatic hydroxyl groups is 3. The monoisotopic (exact) mass is 634 g/mol. The number of rotatable bonds is 8. The van der Waals surface area contributed by atoms with Crippen LogP contribution in [0.1, 0.15) is 104 Å². The van der Waals surface area contributed by atoms with Crippen LogP contribution in [-0.2, 0) is 20.7 Å². The summed E-state index contributed by atoms with van der Waals surface area (Å²) in [6.07, 6.45) is 11.7. The molecule has 5 fully saturated rings. The lowest BCUT2D eigenvalue weighted by Gasteiger charge is -2.60. The van der Waals surface area contributed by atoms with Crippen molar-refractivity contribution in [1.29, 1.82) is 0 Å². The first-order chi connectivity index (χ1) is 21.9. The highest BCUT2D eigenvalue weighted by Gasteiger charge is 2.69. The van der Waals surface area contributed by atoms with Gasteiger partial charge in [-0.15, -0.1) is 0 Å². The number of aliphatic hydroxyl groups excluding tert-OH is 1. The second-order valence-corrected chi connectivity index (χ2v) is 17.1. The summed E-state index contributed by atoms with van der Waals surface area (Å²) in [5.41, 5.74) is -1.29. The minimum atomic E-state index is -1.42. The minimum Gasteiger partial charge on any atom is -0.387 e. The fraction of sp³-hybridized carbons (Fsp3) is 0.775. The lowest BCUT2D eigenvalue weighted by molar-refractivity contribution is -0.193. The summed E-state index contributed by atoms with van der Waals surface area (Å²) in [6.45, 7) is 9.68. The lowest BCUT2D eigenvalue weighted by atomic mass is 9.46. The number of hydrogen-bond acceptors (Lipinski definition) is 6. The van der Waals surface area contributed by atoms with Crippen LogP contribution in [0.15, 0.2) is 42.0 Å². The van der Waals surface area contributed by atoms with Gasteiger partial charge in [0.05, 0.1) is 36.6 Å². The smallest absolute Gasteiger partial charge is 0.159 e.